The molecule has 5 nitrogen and oxygen atoms in total. The van der Waals surface area contributed by atoms with Gasteiger partial charge < -0.3 is 15.0 Å². The Morgan fingerprint density at radius 2 is 1.96 bits per heavy atom. The lowest BCUT2D eigenvalue weighted by Gasteiger charge is -2.31. The molecule has 5 heteroatoms. The van der Waals surface area contributed by atoms with Crippen molar-refractivity contribution in [2.45, 2.75) is 63.5 Å². The summed E-state index contributed by atoms with van der Waals surface area (Å²) in [5, 5.41) is 2.80. The number of amides is 2. The third-order valence-corrected chi connectivity index (χ3v) is 5.84. The van der Waals surface area contributed by atoms with Crippen LogP contribution in [-0.4, -0.2) is 36.1 Å². The lowest BCUT2D eigenvalue weighted by atomic mass is 9.82. The van der Waals surface area contributed by atoms with E-state index >= 15 is 0 Å². The van der Waals surface area contributed by atoms with Crippen LogP contribution in [0.3, 0.4) is 0 Å². The van der Waals surface area contributed by atoms with Crippen LogP contribution in [0.25, 0.3) is 0 Å². The molecule has 2 heterocycles. The Morgan fingerprint density at radius 1 is 1.12 bits per heavy atom. The molecule has 0 bridgehead atoms. The van der Waals surface area contributed by atoms with Gasteiger partial charge >= 0.3 is 12.0 Å². The third kappa shape index (κ3) is 3.51. The number of hydrogen-bond acceptors (Lipinski definition) is 3. The van der Waals surface area contributed by atoms with Crippen molar-refractivity contribution < 1.29 is 14.3 Å². The van der Waals surface area contributed by atoms with E-state index in [-0.39, 0.29) is 12.0 Å². The number of cyclic esters (lactones) is 1. The van der Waals surface area contributed by atoms with E-state index in [1.807, 2.05) is 0 Å². The zero-order chi connectivity index (χ0) is 17.2. The van der Waals surface area contributed by atoms with E-state index in [1.54, 1.807) is 4.90 Å². The van der Waals surface area contributed by atoms with Crippen LogP contribution >= 0.6 is 0 Å². The molecule has 0 unspecified atom stereocenters. The molecule has 0 aromatic heterocycles. The molecule has 1 aromatic carbocycles. The second-order valence-corrected chi connectivity index (χ2v) is 7.49. The number of ether oxygens (including phenoxy) is 1. The summed E-state index contributed by atoms with van der Waals surface area (Å²) in [5.41, 5.74) is 4.09. The van der Waals surface area contributed by atoms with Gasteiger partial charge in [0.15, 0.2) is 0 Å². The number of esters is 1. The maximum Gasteiger partial charge on any atom is 0.328 e. The first-order valence-electron chi connectivity index (χ1n) is 9.54. The first-order chi connectivity index (χ1) is 12.2. The van der Waals surface area contributed by atoms with E-state index in [4.69, 9.17) is 4.74 Å². The van der Waals surface area contributed by atoms with Gasteiger partial charge in [0.25, 0.3) is 0 Å². The predicted octanol–water partition coefficient (Wildman–Crippen LogP) is 3.12. The van der Waals surface area contributed by atoms with Gasteiger partial charge in [0.05, 0.1) is 6.61 Å². The molecule has 3 aliphatic rings. The fraction of sp³-hybridized carbons (Fsp3) is 0.600. The normalized spacial score (nSPS) is 23.9. The first kappa shape index (κ1) is 16.4. The molecule has 4 rings (SSSR count). The van der Waals surface area contributed by atoms with Gasteiger partial charge in [-0.1, -0.05) is 37.5 Å². The number of benzene rings is 1. The van der Waals surface area contributed by atoms with Gasteiger partial charge in [-0.2, -0.15) is 0 Å². The lowest BCUT2D eigenvalue weighted by molar-refractivity contribution is -0.139. The topological polar surface area (TPSA) is 58.6 Å². The molecule has 1 aromatic rings. The van der Waals surface area contributed by atoms with Crippen LogP contribution in [0.2, 0.25) is 0 Å². The number of rotatable bonds is 2. The summed E-state index contributed by atoms with van der Waals surface area (Å²) in [5.74, 6) is 0.400. The molecule has 2 aliphatic heterocycles. The summed E-state index contributed by atoms with van der Waals surface area (Å²) < 4.78 is 4.91. The highest BCUT2D eigenvalue weighted by molar-refractivity contribution is 5.84. The molecule has 0 spiro atoms. The minimum atomic E-state index is -0.484. The Kier molecular flexibility index (Phi) is 4.64. The SMILES string of the molecule is O=C1OCC[C@@H]1NC(=O)N1CCc2cc(C3CCCCC3)ccc2C1. The van der Waals surface area contributed by atoms with Gasteiger partial charge in [0.1, 0.15) is 6.04 Å². The Bertz CT molecular complexity index is 667. The van der Waals surface area contributed by atoms with Crippen molar-refractivity contribution in [2.24, 2.45) is 0 Å². The summed E-state index contributed by atoms with van der Waals surface area (Å²) in [6.07, 6.45) is 8.15. The fourth-order valence-electron chi connectivity index (χ4n) is 4.30. The van der Waals surface area contributed by atoms with Gasteiger partial charge in [-0.25, -0.2) is 9.59 Å². The van der Waals surface area contributed by atoms with Crippen molar-refractivity contribution in [3.8, 4) is 0 Å². The van der Waals surface area contributed by atoms with Crippen LogP contribution in [0.15, 0.2) is 18.2 Å². The van der Waals surface area contributed by atoms with Crippen LogP contribution in [0.5, 0.6) is 0 Å². The molecule has 2 fully saturated rings. The van der Waals surface area contributed by atoms with Gasteiger partial charge in [-0.15, -0.1) is 0 Å². The summed E-state index contributed by atoms with van der Waals surface area (Å²) in [6.45, 7) is 1.72. The predicted molar refractivity (Wildman–Crippen MR) is 94.3 cm³/mol. The molecule has 25 heavy (non-hydrogen) atoms. The second kappa shape index (κ2) is 7.06. The van der Waals surface area contributed by atoms with E-state index in [0.717, 1.165) is 6.42 Å². The molecule has 2 amide bonds. The molecule has 1 aliphatic carbocycles. The first-order valence-corrected chi connectivity index (χ1v) is 9.54. The summed E-state index contributed by atoms with van der Waals surface area (Å²) in [7, 11) is 0. The Labute approximate surface area is 148 Å². The molecular weight excluding hydrogens is 316 g/mol. The summed E-state index contributed by atoms with van der Waals surface area (Å²) >= 11 is 0. The van der Waals surface area contributed by atoms with E-state index < -0.39 is 6.04 Å². The second-order valence-electron chi connectivity index (χ2n) is 7.49. The molecular formula is C20H26N2O3. The van der Waals surface area contributed by atoms with Crippen LogP contribution in [0.1, 0.15) is 61.1 Å². The van der Waals surface area contributed by atoms with Crippen molar-refractivity contribution in [1.82, 2.24) is 10.2 Å². The Hall–Kier alpha value is -2.04. The van der Waals surface area contributed by atoms with Gasteiger partial charge in [0.2, 0.25) is 0 Å². The minimum absolute atomic E-state index is 0.161. The maximum absolute atomic E-state index is 12.4. The highest BCUT2D eigenvalue weighted by atomic mass is 16.5. The van der Waals surface area contributed by atoms with Gasteiger partial charge in [0, 0.05) is 19.5 Å². The molecule has 1 N–H and O–H groups in total. The summed E-state index contributed by atoms with van der Waals surface area (Å²) in [4.78, 5) is 25.8. The minimum Gasteiger partial charge on any atom is -0.464 e. The standard InChI is InChI=1S/C20H26N2O3/c23-19-18(9-11-25-19)21-20(24)22-10-8-16-12-15(6-7-17(16)13-22)14-4-2-1-3-5-14/h6-7,12,14,18H,1-5,8-11,13H2,(H,21,24)/t18-/m0/s1. The van der Waals surface area contributed by atoms with Crippen molar-refractivity contribution >= 4 is 12.0 Å². The number of nitrogens with zero attached hydrogens (tertiary/aromatic N) is 1. The van der Waals surface area contributed by atoms with E-state index in [1.165, 1.54) is 48.8 Å². The van der Waals surface area contributed by atoms with Crippen LogP contribution in [-0.2, 0) is 22.5 Å². The van der Waals surface area contributed by atoms with Gasteiger partial charge in [-0.3, -0.25) is 0 Å². The molecule has 1 saturated heterocycles. The molecule has 134 valence electrons. The number of urea groups is 1. The van der Waals surface area contributed by atoms with Crippen LogP contribution in [0.4, 0.5) is 4.79 Å². The largest absolute Gasteiger partial charge is 0.464 e. The van der Waals surface area contributed by atoms with Crippen molar-refractivity contribution in [2.75, 3.05) is 13.2 Å². The third-order valence-electron chi connectivity index (χ3n) is 5.84. The molecule has 1 atom stereocenters. The van der Waals surface area contributed by atoms with Crippen molar-refractivity contribution in [3.05, 3.63) is 34.9 Å². The fourth-order valence-corrected chi connectivity index (χ4v) is 4.30. The van der Waals surface area contributed by atoms with Crippen LogP contribution < -0.4 is 5.32 Å². The Morgan fingerprint density at radius 3 is 2.72 bits per heavy atom. The van der Waals surface area contributed by atoms with Crippen molar-refractivity contribution in [1.29, 1.82) is 0 Å². The van der Waals surface area contributed by atoms with Gasteiger partial charge in [-0.05, 0) is 41.9 Å². The van der Waals surface area contributed by atoms with Crippen molar-refractivity contribution in [3.63, 3.8) is 0 Å². The highest BCUT2D eigenvalue weighted by Crippen LogP contribution is 2.34. The number of carbonyl (C=O) groups excluding carboxylic acids is 2. The number of carbonyl (C=O) groups is 2. The molecule has 1 saturated carbocycles. The maximum atomic E-state index is 12.4. The average molecular weight is 342 g/mol. The number of hydrogen-bond donors (Lipinski definition) is 1. The quantitative estimate of drug-likeness (QED) is 0.840. The van der Waals surface area contributed by atoms with E-state index in [9.17, 15) is 9.59 Å². The highest BCUT2D eigenvalue weighted by Gasteiger charge is 2.30. The van der Waals surface area contributed by atoms with E-state index in [2.05, 4.69) is 23.5 Å². The van der Waals surface area contributed by atoms with Crippen LogP contribution in [0, 0.1) is 0 Å². The smallest absolute Gasteiger partial charge is 0.328 e. The lowest BCUT2D eigenvalue weighted by Crippen LogP contribution is -2.48. The number of fused-ring (bicyclic) bond motifs is 1. The summed E-state index contributed by atoms with van der Waals surface area (Å²) in [6, 6.07) is 6.18. The van der Waals surface area contributed by atoms with E-state index in [0.29, 0.717) is 32.0 Å². The monoisotopic (exact) mass is 342 g/mol. The Balaban J connectivity index is 1.41. The average Bonchev–Trinajstić information content (AvgIpc) is 3.06. The zero-order valence-corrected chi connectivity index (χ0v) is 14.6. The molecule has 0 radical (unpaired) electrons. The number of nitrogens with one attached hydrogen (secondary N) is 1. The zero-order valence-electron chi connectivity index (χ0n) is 14.6.